The van der Waals surface area contributed by atoms with E-state index in [0.717, 1.165) is 17.4 Å². The van der Waals surface area contributed by atoms with E-state index in [0.29, 0.717) is 0 Å². The third kappa shape index (κ3) is 4.07. The number of hydrogen-bond donors (Lipinski definition) is 0. The lowest BCUT2D eigenvalue weighted by molar-refractivity contribution is -0.0436. The van der Waals surface area contributed by atoms with E-state index in [4.69, 9.17) is 18.8 Å². The van der Waals surface area contributed by atoms with Crippen LogP contribution in [0.1, 0.15) is 38.9 Å². The molecule has 0 N–H and O–H groups in total. The van der Waals surface area contributed by atoms with Crippen LogP contribution in [0.15, 0.2) is 24.3 Å². The maximum atomic E-state index is 6.15. The second-order valence-corrected chi connectivity index (χ2v) is 5.67. The number of ether oxygens (including phenoxy) is 2. The Labute approximate surface area is 127 Å². The molecule has 1 fully saturated rings. The summed E-state index contributed by atoms with van der Waals surface area (Å²) in [7, 11) is 2.95. The van der Waals surface area contributed by atoms with Crippen molar-refractivity contribution in [2.24, 2.45) is 0 Å². The SMILES string of the molecule is COB(OC)c1ccc(C(C)O[C@@H]2C[C@H](C)O[C@@H]2C)cc1. The molecule has 5 heteroatoms. The summed E-state index contributed by atoms with van der Waals surface area (Å²) in [6.07, 6.45) is 1.61. The highest BCUT2D eigenvalue weighted by Crippen LogP contribution is 2.28. The van der Waals surface area contributed by atoms with Gasteiger partial charge in [0, 0.05) is 20.6 Å². The van der Waals surface area contributed by atoms with Crippen molar-refractivity contribution in [2.45, 2.75) is 51.6 Å². The van der Waals surface area contributed by atoms with Crippen LogP contribution in [0.5, 0.6) is 0 Å². The molecule has 1 aliphatic heterocycles. The van der Waals surface area contributed by atoms with Crippen LogP contribution in [0.25, 0.3) is 0 Å². The van der Waals surface area contributed by atoms with Gasteiger partial charge in [-0.2, -0.15) is 0 Å². The van der Waals surface area contributed by atoms with E-state index in [9.17, 15) is 0 Å². The molecule has 116 valence electrons. The zero-order valence-electron chi connectivity index (χ0n) is 13.5. The molecule has 4 atom stereocenters. The van der Waals surface area contributed by atoms with Gasteiger partial charge in [-0.1, -0.05) is 24.3 Å². The Kier molecular flexibility index (Phi) is 5.82. The Balaban J connectivity index is 1.98. The van der Waals surface area contributed by atoms with E-state index >= 15 is 0 Å². The molecule has 1 aromatic rings. The largest absolute Gasteiger partial charge is 0.493 e. The summed E-state index contributed by atoms with van der Waals surface area (Å²) in [5.41, 5.74) is 2.15. The van der Waals surface area contributed by atoms with Crippen molar-refractivity contribution >= 4 is 12.6 Å². The Morgan fingerprint density at radius 3 is 2.24 bits per heavy atom. The Bertz CT molecular complexity index is 432. The summed E-state index contributed by atoms with van der Waals surface area (Å²) >= 11 is 0. The molecule has 1 unspecified atom stereocenters. The number of rotatable bonds is 6. The second-order valence-electron chi connectivity index (χ2n) is 5.67. The highest BCUT2D eigenvalue weighted by Gasteiger charge is 2.31. The first-order valence-corrected chi connectivity index (χ1v) is 7.51. The van der Waals surface area contributed by atoms with Gasteiger partial charge in [0.2, 0.25) is 0 Å². The highest BCUT2D eigenvalue weighted by molar-refractivity contribution is 6.61. The third-order valence-electron chi connectivity index (χ3n) is 4.02. The second kappa shape index (κ2) is 7.41. The maximum Gasteiger partial charge on any atom is 0.493 e. The van der Waals surface area contributed by atoms with Crippen LogP contribution < -0.4 is 5.46 Å². The van der Waals surface area contributed by atoms with Crippen molar-refractivity contribution in [3.05, 3.63) is 29.8 Å². The van der Waals surface area contributed by atoms with Crippen molar-refractivity contribution in [3.8, 4) is 0 Å². The summed E-state index contributed by atoms with van der Waals surface area (Å²) in [5.74, 6) is 0. The molecule has 2 rings (SSSR count). The van der Waals surface area contributed by atoms with Crippen LogP contribution in [0.3, 0.4) is 0 Å². The predicted octanol–water partition coefficient (Wildman–Crippen LogP) is 2.32. The zero-order chi connectivity index (χ0) is 15.4. The average Bonchev–Trinajstić information content (AvgIpc) is 2.79. The van der Waals surface area contributed by atoms with Crippen LogP contribution >= 0.6 is 0 Å². The molecule has 0 bridgehead atoms. The number of benzene rings is 1. The first kappa shape index (κ1) is 16.5. The predicted molar refractivity (Wildman–Crippen MR) is 83.8 cm³/mol. The lowest BCUT2D eigenvalue weighted by Crippen LogP contribution is -2.34. The molecule has 1 heterocycles. The van der Waals surface area contributed by atoms with E-state index < -0.39 is 0 Å². The van der Waals surface area contributed by atoms with Crippen LogP contribution in [-0.2, 0) is 18.8 Å². The average molecular weight is 292 g/mol. The van der Waals surface area contributed by atoms with Crippen molar-refractivity contribution in [3.63, 3.8) is 0 Å². The first-order valence-electron chi connectivity index (χ1n) is 7.51. The Hall–Kier alpha value is -0.875. The first-order chi connectivity index (χ1) is 10.0. The van der Waals surface area contributed by atoms with E-state index in [1.54, 1.807) is 14.2 Å². The monoisotopic (exact) mass is 292 g/mol. The summed E-state index contributed by atoms with van der Waals surface area (Å²) in [6, 6.07) is 8.16. The maximum absolute atomic E-state index is 6.15. The fraction of sp³-hybridized carbons (Fsp3) is 0.625. The fourth-order valence-corrected chi connectivity index (χ4v) is 2.83. The molecule has 1 aliphatic rings. The molecule has 0 radical (unpaired) electrons. The van der Waals surface area contributed by atoms with Gasteiger partial charge in [-0.15, -0.1) is 0 Å². The normalized spacial score (nSPS) is 26.8. The van der Waals surface area contributed by atoms with Crippen molar-refractivity contribution < 1.29 is 18.8 Å². The van der Waals surface area contributed by atoms with Crippen LogP contribution in [-0.4, -0.2) is 39.6 Å². The molecule has 0 aliphatic carbocycles. The van der Waals surface area contributed by atoms with Gasteiger partial charge in [0.05, 0.1) is 24.4 Å². The molecule has 0 aromatic heterocycles. The van der Waals surface area contributed by atoms with E-state index in [2.05, 4.69) is 32.9 Å². The molecular formula is C16H25BO4. The molecule has 1 saturated heterocycles. The molecule has 0 spiro atoms. The van der Waals surface area contributed by atoms with Gasteiger partial charge in [0.25, 0.3) is 0 Å². The van der Waals surface area contributed by atoms with Gasteiger partial charge in [0.15, 0.2) is 0 Å². The molecule has 0 saturated carbocycles. The molecule has 0 amide bonds. The fourth-order valence-electron chi connectivity index (χ4n) is 2.83. The van der Waals surface area contributed by atoms with E-state index in [1.165, 1.54) is 0 Å². The lowest BCUT2D eigenvalue weighted by Gasteiger charge is -2.21. The van der Waals surface area contributed by atoms with E-state index in [1.807, 2.05) is 12.1 Å². The minimum Gasteiger partial charge on any atom is -0.410 e. The van der Waals surface area contributed by atoms with E-state index in [-0.39, 0.29) is 31.5 Å². The summed E-state index contributed by atoms with van der Waals surface area (Å²) in [6.45, 7) is 6.25. The summed E-state index contributed by atoms with van der Waals surface area (Å²) in [4.78, 5) is 0. The van der Waals surface area contributed by atoms with Gasteiger partial charge in [-0.3, -0.25) is 0 Å². The summed E-state index contributed by atoms with van der Waals surface area (Å²) in [5, 5.41) is 0. The van der Waals surface area contributed by atoms with Gasteiger partial charge in [0.1, 0.15) is 0 Å². The summed E-state index contributed by atoms with van der Waals surface area (Å²) < 4.78 is 22.4. The van der Waals surface area contributed by atoms with Gasteiger partial charge >= 0.3 is 7.12 Å². The third-order valence-corrected chi connectivity index (χ3v) is 4.02. The topological polar surface area (TPSA) is 36.9 Å². The molecule has 4 nitrogen and oxygen atoms in total. The number of hydrogen-bond acceptors (Lipinski definition) is 4. The molecule has 21 heavy (non-hydrogen) atoms. The van der Waals surface area contributed by atoms with Crippen LogP contribution in [0, 0.1) is 0 Å². The van der Waals surface area contributed by atoms with Crippen molar-refractivity contribution in [1.82, 2.24) is 0 Å². The zero-order valence-corrected chi connectivity index (χ0v) is 13.5. The lowest BCUT2D eigenvalue weighted by atomic mass is 9.78. The van der Waals surface area contributed by atoms with Crippen LogP contribution in [0.2, 0.25) is 0 Å². The Morgan fingerprint density at radius 2 is 1.76 bits per heavy atom. The minimum absolute atomic E-state index is 0.0453. The molecule has 1 aromatic carbocycles. The van der Waals surface area contributed by atoms with Crippen molar-refractivity contribution in [2.75, 3.05) is 14.2 Å². The quantitative estimate of drug-likeness (QED) is 0.754. The van der Waals surface area contributed by atoms with Crippen LogP contribution in [0.4, 0.5) is 0 Å². The molecular weight excluding hydrogens is 267 g/mol. The smallest absolute Gasteiger partial charge is 0.410 e. The van der Waals surface area contributed by atoms with Gasteiger partial charge in [-0.25, -0.2) is 0 Å². The van der Waals surface area contributed by atoms with Gasteiger partial charge < -0.3 is 18.8 Å². The van der Waals surface area contributed by atoms with Crippen molar-refractivity contribution in [1.29, 1.82) is 0 Å². The highest BCUT2D eigenvalue weighted by atomic mass is 16.6. The standard InChI is InChI=1S/C16H25BO4/c1-11-10-16(13(3)20-11)21-12(2)14-6-8-15(9-7-14)17(18-4)19-5/h6-9,11-13,16H,10H2,1-5H3/t11-,12?,13+,16+/m0/s1. The van der Waals surface area contributed by atoms with Gasteiger partial charge in [-0.05, 0) is 31.8 Å². The minimum atomic E-state index is -0.320. The Morgan fingerprint density at radius 1 is 1.14 bits per heavy atom.